The molecule has 1 amide bonds. The molecule has 2 aromatic rings. The zero-order valence-electron chi connectivity index (χ0n) is 20.1. The van der Waals surface area contributed by atoms with Crippen molar-refractivity contribution in [3.8, 4) is 5.82 Å². The second kappa shape index (κ2) is 10.0. The summed E-state index contributed by atoms with van der Waals surface area (Å²) >= 11 is 0. The highest BCUT2D eigenvalue weighted by atomic mass is 16.2. The molecule has 2 aliphatic heterocycles. The summed E-state index contributed by atoms with van der Waals surface area (Å²) in [7, 11) is 0. The van der Waals surface area contributed by atoms with E-state index < -0.39 is 0 Å². The van der Waals surface area contributed by atoms with Crippen LogP contribution in [0.1, 0.15) is 49.7 Å². The number of rotatable bonds is 7. The van der Waals surface area contributed by atoms with Crippen LogP contribution in [0.25, 0.3) is 11.9 Å². The molecule has 0 radical (unpaired) electrons. The molecule has 0 aliphatic carbocycles. The molecule has 0 atom stereocenters. The second-order valence-corrected chi connectivity index (χ2v) is 9.44. The van der Waals surface area contributed by atoms with Gasteiger partial charge in [0, 0.05) is 68.8 Å². The molecular weight excluding hydrogens is 400 g/mol. The number of hydrogen-bond acceptors (Lipinski definition) is 4. The van der Waals surface area contributed by atoms with E-state index >= 15 is 0 Å². The van der Waals surface area contributed by atoms with Crippen LogP contribution in [0, 0.1) is 13.8 Å². The minimum absolute atomic E-state index is 0.112. The van der Waals surface area contributed by atoms with Crippen molar-refractivity contribution in [2.24, 2.45) is 0 Å². The fourth-order valence-corrected chi connectivity index (χ4v) is 4.94. The number of aromatic nitrogens is 3. The SMILES string of the molecule is Cc1cc(/C=C/C(=O)N2CCN(CCN3CCCC3)CC2)c(C)n1-c1ccnn1C(C)C. The van der Waals surface area contributed by atoms with Crippen molar-refractivity contribution < 1.29 is 4.79 Å². The molecule has 0 saturated carbocycles. The number of carbonyl (C=O) groups excluding carboxylic acids is 1. The predicted molar refractivity (Wildman–Crippen MR) is 129 cm³/mol. The van der Waals surface area contributed by atoms with Crippen LogP contribution in [0.3, 0.4) is 0 Å². The van der Waals surface area contributed by atoms with Gasteiger partial charge in [0.2, 0.25) is 5.91 Å². The van der Waals surface area contributed by atoms with Crippen LogP contribution in [0.4, 0.5) is 0 Å². The van der Waals surface area contributed by atoms with Crippen molar-refractivity contribution in [2.75, 3.05) is 52.4 Å². The Bertz CT molecular complexity index is 942. The van der Waals surface area contributed by atoms with Gasteiger partial charge in [0.15, 0.2) is 0 Å². The van der Waals surface area contributed by atoms with Crippen molar-refractivity contribution in [1.29, 1.82) is 0 Å². The smallest absolute Gasteiger partial charge is 0.246 e. The summed E-state index contributed by atoms with van der Waals surface area (Å²) in [5.41, 5.74) is 3.35. The highest BCUT2D eigenvalue weighted by molar-refractivity contribution is 5.92. The largest absolute Gasteiger partial charge is 0.337 e. The molecule has 0 N–H and O–H groups in total. The third kappa shape index (κ3) is 4.99. The van der Waals surface area contributed by atoms with Gasteiger partial charge in [-0.3, -0.25) is 9.69 Å². The summed E-state index contributed by atoms with van der Waals surface area (Å²) in [4.78, 5) is 19.9. The molecule has 4 heterocycles. The maximum absolute atomic E-state index is 12.8. The molecule has 2 saturated heterocycles. The number of likely N-dealkylation sites (tertiary alicyclic amines) is 1. The molecular formula is C25H38N6O. The fraction of sp³-hybridized carbons (Fsp3) is 0.600. The molecule has 0 bridgehead atoms. The zero-order valence-corrected chi connectivity index (χ0v) is 20.1. The summed E-state index contributed by atoms with van der Waals surface area (Å²) in [6.07, 6.45) is 8.25. The van der Waals surface area contributed by atoms with Gasteiger partial charge in [-0.05, 0) is 71.3 Å². The first-order chi connectivity index (χ1) is 15.4. The van der Waals surface area contributed by atoms with Gasteiger partial charge >= 0.3 is 0 Å². The molecule has 2 aliphatic rings. The molecule has 2 aromatic heterocycles. The highest BCUT2D eigenvalue weighted by Gasteiger charge is 2.21. The maximum atomic E-state index is 12.8. The van der Waals surface area contributed by atoms with E-state index in [2.05, 4.69) is 53.2 Å². The van der Waals surface area contributed by atoms with E-state index in [1.54, 1.807) is 6.08 Å². The normalized spacial score (nSPS) is 18.5. The Morgan fingerprint density at radius 3 is 2.34 bits per heavy atom. The quantitative estimate of drug-likeness (QED) is 0.624. The van der Waals surface area contributed by atoms with Gasteiger partial charge < -0.3 is 14.4 Å². The van der Waals surface area contributed by atoms with Crippen LogP contribution < -0.4 is 0 Å². The monoisotopic (exact) mass is 438 g/mol. The van der Waals surface area contributed by atoms with Gasteiger partial charge in [-0.25, -0.2) is 4.68 Å². The van der Waals surface area contributed by atoms with Crippen molar-refractivity contribution >= 4 is 12.0 Å². The van der Waals surface area contributed by atoms with Crippen LogP contribution in [0.15, 0.2) is 24.4 Å². The van der Waals surface area contributed by atoms with Gasteiger partial charge in [0.1, 0.15) is 5.82 Å². The first-order valence-electron chi connectivity index (χ1n) is 12.1. The Balaban J connectivity index is 1.34. The number of piperazine rings is 1. The lowest BCUT2D eigenvalue weighted by Crippen LogP contribution is -2.49. The van der Waals surface area contributed by atoms with Crippen molar-refractivity contribution in [3.05, 3.63) is 41.4 Å². The minimum Gasteiger partial charge on any atom is -0.337 e. The third-order valence-electron chi connectivity index (χ3n) is 6.86. The van der Waals surface area contributed by atoms with Gasteiger partial charge in [-0.15, -0.1) is 0 Å². The van der Waals surface area contributed by atoms with E-state index in [4.69, 9.17) is 0 Å². The Kier molecular flexibility index (Phi) is 7.16. The molecule has 7 nitrogen and oxygen atoms in total. The van der Waals surface area contributed by atoms with Crippen LogP contribution in [-0.2, 0) is 4.79 Å². The van der Waals surface area contributed by atoms with Gasteiger partial charge in [-0.1, -0.05) is 0 Å². The minimum atomic E-state index is 0.112. The second-order valence-electron chi connectivity index (χ2n) is 9.44. The average Bonchev–Trinajstić information content (AvgIpc) is 3.52. The molecule has 4 rings (SSSR count). The van der Waals surface area contributed by atoms with Gasteiger partial charge in [0.05, 0.1) is 6.20 Å². The highest BCUT2D eigenvalue weighted by Crippen LogP contribution is 2.23. The molecule has 0 unspecified atom stereocenters. The van der Waals surface area contributed by atoms with E-state index in [-0.39, 0.29) is 11.9 Å². The van der Waals surface area contributed by atoms with E-state index in [0.29, 0.717) is 0 Å². The topological polar surface area (TPSA) is 49.5 Å². The van der Waals surface area contributed by atoms with E-state index in [9.17, 15) is 4.79 Å². The predicted octanol–water partition coefficient (Wildman–Crippen LogP) is 3.12. The Morgan fingerprint density at radius 2 is 1.69 bits per heavy atom. The van der Waals surface area contributed by atoms with Gasteiger partial charge in [0.25, 0.3) is 0 Å². The van der Waals surface area contributed by atoms with Gasteiger partial charge in [-0.2, -0.15) is 5.10 Å². The molecule has 2 fully saturated rings. The summed E-state index contributed by atoms with van der Waals surface area (Å²) in [5, 5.41) is 4.47. The Labute approximate surface area is 192 Å². The molecule has 7 heteroatoms. The standard InChI is InChI=1S/C25H38N6O/c1-20(2)31-24(9-10-26-31)30-21(3)19-23(22(30)4)7-8-25(32)29-17-15-28(16-18-29)14-13-27-11-5-6-12-27/h7-10,19-20H,5-6,11-18H2,1-4H3/b8-7+. The summed E-state index contributed by atoms with van der Waals surface area (Å²) in [6, 6.07) is 4.48. The summed E-state index contributed by atoms with van der Waals surface area (Å²) in [5.74, 6) is 1.17. The number of carbonyl (C=O) groups is 1. The lowest BCUT2D eigenvalue weighted by molar-refractivity contribution is -0.127. The average molecular weight is 439 g/mol. The van der Waals surface area contributed by atoms with E-state index in [1.165, 1.54) is 32.5 Å². The molecule has 174 valence electrons. The summed E-state index contributed by atoms with van der Waals surface area (Å²) < 4.78 is 4.25. The number of aryl methyl sites for hydroxylation is 1. The first kappa shape index (κ1) is 22.8. The van der Waals surface area contributed by atoms with E-state index in [1.807, 2.05) is 27.9 Å². The first-order valence-corrected chi connectivity index (χ1v) is 12.1. The van der Waals surface area contributed by atoms with Crippen molar-refractivity contribution in [2.45, 2.75) is 46.6 Å². The Hall–Kier alpha value is -2.38. The fourth-order valence-electron chi connectivity index (χ4n) is 4.94. The molecule has 0 aromatic carbocycles. The van der Waals surface area contributed by atoms with Crippen LogP contribution >= 0.6 is 0 Å². The lowest BCUT2D eigenvalue weighted by Gasteiger charge is -2.35. The van der Waals surface area contributed by atoms with Crippen LogP contribution in [-0.4, -0.2) is 87.3 Å². The molecule has 32 heavy (non-hydrogen) atoms. The van der Waals surface area contributed by atoms with Crippen LogP contribution in [0.2, 0.25) is 0 Å². The van der Waals surface area contributed by atoms with Crippen molar-refractivity contribution in [1.82, 2.24) is 29.0 Å². The molecule has 0 spiro atoms. The summed E-state index contributed by atoms with van der Waals surface area (Å²) in [6.45, 7) is 16.9. The zero-order chi connectivity index (χ0) is 22.7. The third-order valence-corrected chi connectivity index (χ3v) is 6.86. The van der Waals surface area contributed by atoms with Crippen LogP contribution in [0.5, 0.6) is 0 Å². The number of nitrogens with zero attached hydrogens (tertiary/aromatic N) is 6. The maximum Gasteiger partial charge on any atom is 0.246 e. The number of hydrogen-bond donors (Lipinski definition) is 0. The Morgan fingerprint density at radius 1 is 1.03 bits per heavy atom. The van der Waals surface area contributed by atoms with Crippen molar-refractivity contribution in [3.63, 3.8) is 0 Å². The van der Waals surface area contributed by atoms with E-state index in [0.717, 1.165) is 55.5 Å². The lowest BCUT2D eigenvalue weighted by atomic mass is 10.2. The number of amides is 1.